The molecule has 0 aliphatic heterocycles. The summed E-state index contributed by atoms with van der Waals surface area (Å²) in [6.07, 6.45) is 0. The maximum absolute atomic E-state index is 13.5. The van der Waals surface area contributed by atoms with Gasteiger partial charge in [-0.05, 0) is 25.5 Å². The summed E-state index contributed by atoms with van der Waals surface area (Å²) in [4.78, 5) is 22.5. The molecule has 104 valence electrons. The van der Waals surface area contributed by atoms with Gasteiger partial charge in [0.15, 0.2) is 0 Å². The molecule has 1 aromatic carbocycles. The van der Waals surface area contributed by atoms with Crippen molar-refractivity contribution in [2.45, 2.75) is 19.9 Å². The molecule has 1 atom stereocenters. The lowest BCUT2D eigenvalue weighted by Crippen LogP contribution is -2.44. The number of carbonyl (C=O) groups is 2. The smallest absolute Gasteiger partial charge is 0.321 e. The third-order valence-corrected chi connectivity index (χ3v) is 2.48. The molecule has 0 aliphatic rings. The fraction of sp³-hybridized carbons (Fsp3) is 0.333. The van der Waals surface area contributed by atoms with Gasteiger partial charge in [0, 0.05) is 13.1 Å². The van der Waals surface area contributed by atoms with Crippen molar-refractivity contribution < 1.29 is 18.4 Å². The van der Waals surface area contributed by atoms with E-state index in [2.05, 4.69) is 10.6 Å². The number of amides is 3. The standard InChI is InChI=1S/C12H15F2N3O2/c1-6-4-9(14)10(5-8(6)13)16-7(2)11(18)17-12(19)15-3/h4-5,7,16H,1-3H3,(H2,15,17,18,19). The molecule has 0 fully saturated rings. The summed E-state index contributed by atoms with van der Waals surface area (Å²) in [5, 5.41) is 6.74. The van der Waals surface area contributed by atoms with Gasteiger partial charge in [-0.2, -0.15) is 0 Å². The number of imide groups is 1. The van der Waals surface area contributed by atoms with E-state index in [0.717, 1.165) is 12.1 Å². The predicted molar refractivity (Wildman–Crippen MR) is 66.8 cm³/mol. The Hall–Kier alpha value is -2.18. The first-order valence-corrected chi connectivity index (χ1v) is 5.60. The van der Waals surface area contributed by atoms with Crippen molar-refractivity contribution in [2.75, 3.05) is 12.4 Å². The summed E-state index contributed by atoms with van der Waals surface area (Å²) in [6.45, 7) is 2.86. The highest BCUT2D eigenvalue weighted by Gasteiger charge is 2.17. The highest BCUT2D eigenvalue weighted by molar-refractivity contribution is 5.97. The van der Waals surface area contributed by atoms with Gasteiger partial charge in [0.1, 0.15) is 17.7 Å². The largest absolute Gasteiger partial charge is 0.371 e. The summed E-state index contributed by atoms with van der Waals surface area (Å²) in [5.74, 6) is -1.90. The lowest BCUT2D eigenvalue weighted by Gasteiger charge is -2.15. The zero-order chi connectivity index (χ0) is 14.6. The number of hydrogen-bond donors (Lipinski definition) is 3. The van der Waals surface area contributed by atoms with Crippen molar-refractivity contribution in [1.29, 1.82) is 0 Å². The van der Waals surface area contributed by atoms with Crippen LogP contribution in [0.15, 0.2) is 12.1 Å². The first-order chi connectivity index (χ1) is 8.85. The van der Waals surface area contributed by atoms with Crippen LogP contribution in [0.4, 0.5) is 19.3 Å². The average Bonchev–Trinajstić information content (AvgIpc) is 2.35. The van der Waals surface area contributed by atoms with Crippen LogP contribution in [0.3, 0.4) is 0 Å². The molecule has 0 bridgehead atoms. The molecule has 1 rings (SSSR count). The van der Waals surface area contributed by atoms with Crippen molar-refractivity contribution in [1.82, 2.24) is 10.6 Å². The first kappa shape index (κ1) is 14.9. The number of urea groups is 1. The highest BCUT2D eigenvalue weighted by atomic mass is 19.1. The number of aryl methyl sites for hydroxylation is 1. The Bertz CT molecular complexity index is 506. The second-order valence-corrected chi connectivity index (χ2v) is 4.02. The van der Waals surface area contributed by atoms with E-state index in [1.54, 1.807) is 0 Å². The van der Waals surface area contributed by atoms with Gasteiger partial charge in [-0.15, -0.1) is 0 Å². The molecule has 1 unspecified atom stereocenters. The average molecular weight is 271 g/mol. The third kappa shape index (κ3) is 3.90. The topological polar surface area (TPSA) is 70.2 Å². The molecule has 3 N–H and O–H groups in total. The highest BCUT2D eigenvalue weighted by Crippen LogP contribution is 2.19. The molecule has 0 heterocycles. The van der Waals surface area contributed by atoms with Crippen LogP contribution in [-0.4, -0.2) is 25.0 Å². The molecular weight excluding hydrogens is 256 g/mol. The van der Waals surface area contributed by atoms with Gasteiger partial charge in [-0.25, -0.2) is 13.6 Å². The molecule has 0 saturated heterocycles. The van der Waals surface area contributed by atoms with Gasteiger partial charge in [0.05, 0.1) is 5.69 Å². The van der Waals surface area contributed by atoms with Gasteiger partial charge >= 0.3 is 6.03 Å². The van der Waals surface area contributed by atoms with Crippen LogP contribution >= 0.6 is 0 Å². The quantitative estimate of drug-likeness (QED) is 0.780. The summed E-state index contributed by atoms with van der Waals surface area (Å²) in [5.41, 5.74) is 0.0353. The minimum absolute atomic E-state index is 0.136. The van der Waals surface area contributed by atoms with E-state index in [9.17, 15) is 18.4 Å². The fourth-order valence-electron chi connectivity index (χ4n) is 1.34. The fourth-order valence-corrected chi connectivity index (χ4v) is 1.34. The number of nitrogens with one attached hydrogen (secondary N) is 3. The van der Waals surface area contributed by atoms with Gasteiger partial charge in [0.2, 0.25) is 5.91 Å². The molecule has 1 aromatic rings. The van der Waals surface area contributed by atoms with E-state index in [1.165, 1.54) is 20.9 Å². The van der Waals surface area contributed by atoms with Crippen molar-refractivity contribution >= 4 is 17.6 Å². The second-order valence-electron chi connectivity index (χ2n) is 4.02. The monoisotopic (exact) mass is 271 g/mol. The lowest BCUT2D eigenvalue weighted by molar-refractivity contribution is -0.120. The number of hydrogen-bond acceptors (Lipinski definition) is 3. The summed E-state index contributed by atoms with van der Waals surface area (Å²) in [6, 6.07) is 0.429. The number of rotatable bonds is 3. The van der Waals surface area contributed by atoms with Crippen molar-refractivity contribution in [3.8, 4) is 0 Å². The minimum atomic E-state index is -0.895. The zero-order valence-electron chi connectivity index (χ0n) is 10.8. The molecule has 0 radical (unpaired) electrons. The van der Waals surface area contributed by atoms with Gasteiger partial charge in [0.25, 0.3) is 0 Å². The molecular formula is C12H15F2N3O2. The van der Waals surface area contributed by atoms with E-state index in [-0.39, 0.29) is 11.3 Å². The molecule has 19 heavy (non-hydrogen) atoms. The maximum Gasteiger partial charge on any atom is 0.321 e. The van der Waals surface area contributed by atoms with Crippen LogP contribution in [0.25, 0.3) is 0 Å². The maximum atomic E-state index is 13.5. The Labute approximate surface area is 109 Å². The van der Waals surface area contributed by atoms with E-state index in [1.807, 2.05) is 5.32 Å². The Kier molecular flexibility index (Phi) is 4.80. The van der Waals surface area contributed by atoms with Crippen LogP contribution < -0.4 is 16.0 Å². The normalized spacial score (nSPS) is 11.6. The Balaban J connectivity index is 2.77. The van der Waals surface area contributed by atoms with Gasteiger partial charge in [-0.3, -0.25) is 10.1 Å². The SMILES string of the molecule is CNC(=O)NC(=O)C(C)Nc1cc(F)c(C)cc1F. The Morgan fingerprint density at radius 3 is 2.42 bits per heavy atom. The summed E-state index contributed by atoms with van der Waals surface area (Å²) >= 11 is 0. The number of anilines is 1. The van der Waals surface area contributed by atoms with E-state index in [4.69, 9.17) is 0 Å². The lowest BCUT2D eigenvalue weighted by atomic mass is 10.2. The van der Waals surface area contributed by atoms with E-state index in [0.29, 0.717) is 0 Å². The van der Waals surface area contributed by atoms with Gasteiger partial charge in [-0.1, -0.05) is 0 Å². The summed E-state index contributed by atoms with van der Waals surface area (Å²) < 4.78 is 26.8. The third-order valence-electron chi connectivity index (χ3n) is 2.48. The number of halogens is 2. The molecule has 3 amide bonds. The zero-order valence-corrected chi connectivity index (χ0v) is 10.8. The number of carbonyl (C=O) groups excluding carboxylic acids is 2. The van der Waals surface area contributed by atoms with Crippen LogP contribution in [0.2, 0.25) is 0 Å². The molecule has 0 aliphatic carbocycles. The van der Waals surface area contributed by atoms with Crippen LogP contribution in [-0.2, 0) is 4.79 Å². The molecule has 7 heteroatoms. The molecule has 0 spiro atoms. The van der Waals surface area contributed by atoms with E-state index >= 15 is 0 Å². The summed E-state index contributed by atoms with van der Waals surface area (Å²) in [7, 11) is 1.36. The van der Waals surface area contributed by atoms with Crippen molar-refractivity contribution in [3.05, 3.63) is 29.3 Å². The molecule has 0 saturated carbocycles. The Morgan fingerprint density at radius 2 is 1.84 bits per heavy atom. The van der Waals surface area contributed by atoms with Crippen molar-refractivity contribution in [3.63, 3.8) is 0 Å². The van der Waals surface area contributed by atoms with Crippen LogP contribution in [0.1, 0.15) is 12.5 Å². The second kappa shape index (κ2) is 6.12. The first-order valence-electron chi connectivity index (χ1n) is 5.60. The molecule has 5 nitrogen and oxygen atoms in total. The minimum Gasteiger partial charge on any atom is -0.371 e. The molecule has 0 aromatic heterocycles. The van der Waals surface area contributed by atoms with Gasteiger partial charge < -0.3 is 10.6 Å². The number of benzene rings is 1. The van der Waals surface area contributed by atoms with Crippen LogP contribution in [0, 0.1) is 18.6 Å². The van der Waals surface area contributed by atoms with Crippen molar-refractivity contribution in [2.24, 2.45) is 0 Å². The predicted octanol–water partition coefficient (Wildman–Crippen LogP) is 1.53. The van der Waals surface area contributed by atoms with E-state index < -0.39 is 29.6 Å². The Morgan fingerprint density at radius 1 is 1.21 bits per heavy atom. The van der Waals surface area contributed by atoms with Crippen LogP contribution in [0.5, 0.6) is 0 Å².